The predicted octanol–water partition coefficient (Wildman–Crippen LogP) is 4.75. The van der Waals surface area contributed by atoms with Gasteiger partial charge in [0, 0.05) is 10.7 Å². The molecule has 3 rings (SSSR count). The van der Waals surface area contributed by atoms with Gasteiger partial charge < -0.3 is 5.32 Å². The Morgan fingerprint density at radius 2 is 2.12 bits per heavy atom. The Labute approximate surface area is 147 Å². The van der Waals surface area contributed by atoms with E-state index in [4.69, 9.17) is 0 Å². The van der Waals surface area contributed by atoms with E-state index in [1.807, 2.05) is 26.1 Å². The maximum atomic E-state index is 13.8. The molecule has 0 saturated heterocycles. The summed E-state index contributed by atoms with van der Waals surface area (Å²) in [5.41, 5.74) is 3.02. The van der Waals surface area contributed by atoms with Crippen molar-refractivity contribution in [1.82, 2.24) is 9.38 Å². The number of aromatic nitrogens is 2. The number of anilines is 1. The summed E-state index contributed by atoms with van der Waals surface area (Å²) in [5, 5.41) is 2.65. The topological polar surface area (TPSA) is 46.4 Å². The third-order valence-corrected chi connectivity index (χ3v) is 4.20. The van der Waals surface area contributed by atoms with Crippen molar-refractivity contribution in [1.29, 1.82) is 0 Å². The average Bonchev–Trinajstić information content (AvgIpc) is 2.88. The summed E-state index contributed by atoms with van der Waals surface area (Å²) in [6, 6.07) is 8.08. The van der Waals surface area contributed by atoms with Gasteiger partial charge in [0.2, 0.25) is 0 Å². The third kappa shape index (κ3) is 3.06. The molecule has 0 saturated carbocycles. The molecule has 0 atom stereocenters. The number of hydrogen-bond acceptors (Lipinski definition) is 2. The largest absolute Gasteiger partial charge is 0.318 e. The molecule has 3 aromatic rings. The van der Waals surface area contributed by atoms with Crippen LogP contribution in [-0.2, 0) is 6.42 Å². The third-order valence-electron chi connectivity index (χ3n) is 3.77. The van der Waals surface area contributed by atoms with Gasteiger partial charge in [-0.05, 0) is 53.0 Å². The molecule has 0 aliphatic rings. The predicted molar refractivity (Wildman–Crippen MR) is 96.0 cm³/mol. The number of benzene rings is 1. The Balaban J connectivity index is 2.11. The van der Waals surface area contributed by atoms with Crippen molar-refractivity contribution in [2.75, 3.05) is 5.32 Å². The summed E-state index contributed by atoms with van der Waals surface area (Å²) in [5.74, 6) is -0.831. The molecule has 0 spiro atoms. The second-order valence-corrected chi connectivity index (χ2v) is 6.54. The first-order valence-corrected chi connectivity index (χ1v) is 8.53. The van der Waals surface area contributed by atoms with E-state index in [0.29, 0.717) is 17.8 Å². The monoisotopic (exact) mass is 389 g/mol. The number of aryl methyl sites for hydroxylation is 2. The highest BCUT2D eigenvalue weighted by Crippen LogP contribution is 2.23. The van der Waals surface area contributed by atoms with Crippen LogP contribution in [0.25, 0.3) is 5.65 Å². The number of halogens is 2. The van der Waals surface area contributed by atoms with E-state index in [1.165, 1.54) is 12.1 Å². The van der Waals surface area contributed by atoms with Crippen molar-refractivity contribution in [3.63, 3.8) is 0 Å². The number of para-hydroxylation sites is 1. The minimum atomic E-state index is -0.464. The molecule has 24 heavy (non-hydrogen) atoms. The average molecular weight is 390 g/mol. The number of amides is 1. The van der Waals surface area contributed by atoms with Crippen LogP contribution in [0.2, 0.25) is 0 Å². The van der Waals surface area contributed by atoms with Crippen molar-refractivity contribution in [2.45, 2.75) is 26.7 Å². The van der Waals surface area contributed by atoms with E-state index in [9.17, 15) is 9.18 Å². The molecule has 0 bridgehead atoms. The lowest BCUT2D eigenvalue weighted by molar-refractivity contribution is 0.102. The Morgan fingerprint density at radius 3 is 2.83 bits per heavy atom. The van der Waals surface area contributed by atoms with Gasteiger partial charge in [0.25, 0.3) is 5.91 Å². The first kappa shape index (κ1) is 16.6. The molecule has 2 heterocycles. The van der Waals surface area contributed by atoms with Gasteiger partial charge in [0.15, 0.2) is 0 Å². The normalized spacial score (nSPS) is 11.0. The molecule has 1 N–H and O–H groups in total. The van der Waals surface area contributed by atoms with Crippen molar-refractivity contribution in [3.8, 4) is 0 Å². The zero-order chi connectivity index (χ0) is 17.3. The van der Waals surface area contributed by atoms with Crippen LogP contribution >= 0.6 is 15.9 Å². The number of fused-ring (bicyclic) bond motifs is 1. The number of nitrogens with one attached hydrogen (secondary N) is 1. The molecule has 0 aliphatic carbocycles. The molecule has 1 aromatic carbocycles. The van der Waals surface area contributed by atoms with Crippen molar-refractivity contribution in [3.05, 3.63) is 63.8 Å². The highest BCUT2D eigenvalue weighted by molar-refractivity contribution is 9.10. The SMILES string of the molecule is CCCc1nc2c(C)cc(Br)cn2c1C(=O)Nc1ccccc1F. The molecule has 124 valence electrons. The van der Waals surface area contributed by atoms with Crippen LogP contribution in [0.3, 0.4) is 0 Å². The van der Waals surface area contributed by atoms with Crippen LogP contribution in [0.1, 0.15) is 35.1 Å². The number of rotatable bonds is 4. The Hall–Kier alpha value is -2.21. The smallest absolute Gasteiger partial charge is 0.274 e. The molecular weight excluding hydrogens is 373 g/mol. The fraction of sp³-hybridized carbons (Fsp3) is 0.222. The quantitative estimate of drug-likeness (QED) is 0.699. The summed E-state index contributed by atoms with van der Waals surface area (Å²) in [6.07, 6.45) is 3.35. The van der Waals surface area contributed by atoms with E-state index in [0.717, 1.165) is 22.1 Å². The van der Waals surface area contributed by atoms with Gasteiger partial charge >= 0.3 is 0 Å². The summed E-state index contributed by atoms with van der Waals surface area (Å²) in [6.45, 7) is 3.98. The standard InChI is InChI=1S/C18H17BrFN3O/c1-3-6-15-16(18(24)22-14-8-5-4-7-13(14)20)23-10-12(19)9-11(2)17(23)21-15/h4-5,7-10H,3,6H2,1-2H3,(H,22,24). The van der Waals surface area contributed by atoms with Crippen molar-refractivity contribution >= 4 is 33.2 Å². The number of pyridine rings is 1. The van der Waals surface area contributed by atoms with Crippen molar-refractivity contribution < 1.29 is 9.18 Å². The van der Waals surface area contributed by atoms with E-state index in [1.54, 1.807) is 16.5 Å². The maximum absolute atomic E-state index is 13.8. The number of hydrogen-bond donors (Lipinski definition) is 1. The minimum absolute atomic E-state index is 0.159. The van der Waals surface area contributed by atoms with Crippen LogP contribution in [0, 0.1) is 12.7 Å². The molecule has 0 aliphatic heterocycles. The van der Waals surface area contributed by atoms with E-state index >= 15 is 0 Å². The highest BCUT2D eigenvalue weighted by atomic mass is 79.9. The van der Waals surface area contributed by atoms with Gasteiger partial charge in [-0.25, -0.2) is 9.37 Å². The Morgan fingerprint density at radius 1 is 1.38 bits per heavy atom. The van der Waals surface area contributed by atoms with Crippen molar-refractivity contribution in [2.24, 2.45) is 0 Å². The van der Waals surface area contributed by atoms with Gasteiger partial charge in [-0.15, -0.1) is 0 Å². The molecule has 0 fully saturated rings. The molecule has 6 heteroatoms. The van der Waals surface area contributed by atoms with Gasteiger partial charge in [-0.3, -0.25) is 9.20 Å². The first-order valence-electron chi connectivity index (χ1n) is 7.74. The zero-order valence-corrected chi connectivity index (χ0v) is 15.0. The molecule has 1 amide bonds. The number of imidazole rings is 1. The zero-order valence-electron chi connectivity index (χ0n) is 13.4. The summed E-state index contributed by atoms with van der Waals surface area (Å²) in [7, 11) is 0. The van der Waals surface area contributed by atoms with E-state index in [-0.39, 0.29) is 11.6 Å². The molecule has 4 nitrogen and oxygen atoms in total. The van der Waals surface area contributed by atoms with Crippen LogP contribution < -0.4 is 5.32 Å². The molecular formula is C18H17BrFN3O. The number of carbonyl (C=O) groups is 1. The fourth-order valence-electron chi connectivity index (χ4n) is 2.71. The maximum Gasteiger partial charge on any atom is 0.274 e. The second-order valence-electron chi connectivity index (χ2n) is 5.63. The molecule has 0 unspecified atom stereocenters. The first-order chi connectivity index (χ1) is 11.5. The fourth-order valence-corrected chi connectivity index (χ4v) is 3.26. The van der Waals surface area contributed by atoms with Gasteiger partial charge in [0.1, 0.15) is 17.2 Å². The van der Waals surface area contributed by atoms with Gasteiger partial charge in [0.05, 0.1) is 11.4 Å². The Kier molecular flexibility index (Phi) is 4.66. The van der Waals surface area contributed by atoms with E-state index in [2.05, 4.69) is 26.2 Å². The van der Waals surface area contributed by atoms with Crippen LogP contribution in [0.5, 0.6) is 0 Å². The lowest BCUT2D eigenvalue weighted by Crippen LogP contribution is -2.17. The summed E-state index contributed by atoms with van der Waals surface area (Å²) >= 11 is 3.45. The van der Waals surface area contributed by atoms with Crippen LogP contribution in [0.4, 0.5) is 10.1 Å². The highest BCUT2D eigenvalue weighted by Gasteiger charge is 2.21. The minimum Gasteiger partial charge on any atom is -0.318 e. The van der Waals surface area contributed by atoms with Gasteiger partial charge in [-0.2, -0.15) is 0 Å². The van der Waals surface area contributed by atoms with E-state index < -0.39 is 5.82 Å². The second kappa shape index (κ2) is 6.73. The Bertz CT molecular complexity index is 920. The molecule has 0 radical (unpaired) electrons. The van der Waals surface area contributed by atoms with Crippen LogP contribution in [-0.4, -0.2) is 15.3 Å². The van der Waals surface area contributed by atoms with Gasteiger partial charge in [-0.1, -0.05) is 25.5 Å². The van der Waals surface area contributed by atoms with Crippen LogP contribution in [0.15, 0.2) is 41.0 Å². The number of nitrogens with zero attached hydrogens (tertiary/aromatic N) is 2. The lowest BCUT2D eigenvalue weighted by Gasteiger charge is -2.08. The molecule has 2 aromatic heterocycles. The lowest BCUT2D eigenvalue weighted by atomic mass is 10.2. The summed E-state index contributed by atoms with van der Waals surface area (Å²) in [4.78, 5) is 17.4. The number of carbonyl (C=O) groups excluding carboxylic acids is 1. The summed E-state index contributed by atoms with van der Waals surface area (Å²) < 4.78 is 16.5.